The number of carbonyl (C=O) groups excluding carboxylic acids is 2. The monoisotopic (exact) mass is 415 g/mol. The van der Waals surface area contributed by atoms with Crippen molar-refractivity contribution in [2.45, 2.75) is 45.1 Å². The van der Waals surface area contributed by atoms with Crippen LogP contribution >= 0.6 is 11.8 Å². The number of likely N-dealkylation sites (tertiary alicyclic amines) is 1. The van der Waals surface area contributed by atoms with Gasteiger partial charge in [-0.15, -0.1) is 0 Å². The molecular formula is C23H33N3O2S. The Morgan fingerprint density at radius 3 is 2.59 bits per heavy atom. The summed E-state index contributed by atoms with van der Waals surface area (Å²) in [6, 6.07) is 8.30. The number of anilines is 1. The summed E-state index contributed by atoms with van der Waals surface area (Å²) in [4.78, 5) is 32.6. The van der Waals surface area contributed by atoms with Crippen LogP contribution in [0.2, 0.25) is 0 Å². The molecule has 3 fully saturated rings. The lowest BCUT2D eigenvalue weighted by Crippen LogP contribution is -2.51. The first-order chi connectivity index (χ1) is 14.1. The van der Waals surface area contributed by atoms with Crippen LogP contribution in [-0.2, 0) is 9.59 Å². The highest BCUT2D eigenvalue weighted by molar-refractivity contribution is 7.99. The molecule has 2 atom stereocenters. The van der Waals surface area contributed by atoms with E-state index in [-0.39, 0.29) is 23.8 Å². The number of nitrogens with zero attached hydrogens (tertiary/aromatic N) is 3. The van der Waals surface area contributed by atoms with Gasteiger partial charge in [0.05, 0.1) is 12.0 Å². The zero-order valence-corrected chi connectivity index (χ0v) is 18.3. The molecule has 0 spiro atoms. The number of hydrogen-bond acceptors (Lipinski definition) is 4. The molecule has 0 bridgehead atoms. The number of hydrogen-bond donors (Lipinski definition) is 0. The predicted molar refractivity (Wildman–Crippen MR) is 119 cm³/mol. The molecule has 1 aromatic rings. The minimum atomic E-state index is -0.212. The standard InChI is InChI=1S/C23H33N3O2S/c1-18-6-8-20(9-7-18)26-15-19(14-22(26)27)23(28)25-12-5-13-29-17-21(25)16-24-10-3-2-4-11-24/h6-9,19,21H,2-5,10-17H2,1H3. The molecule has 0 aliphatic carbocycles. The van der Waals surface area contributed by atoms with E-state index in [2.05, 4.69) is 9.80 Å². The van der Waals surface area contributed by atoms with E-state index in [0.717, 1.165) is 49.8 Å². The summed E-state index contributed by atoms with van der Waals surface area (Å²) in [5.41, 5.74) is 2.09. The lowest BCUT2D eigenvalue weighted by Gasteiger charge is -2.36. The summed E-state index contributed by atoms with van der Waals surface area (Å²) in [7, 11) is 0. The van der Waals surface area contributed by atoms with E-state index in [1.165, 1.54) is 24.8 Å². The van der Waals surface area contributed by atoms with Gasteiger partial charge in [-0.2, -0.15) is 11.8 Å². The Balaban J connectivity index is 1.44. The maximum absolute atomic E-state index is 13.5. The van der Waals surface area contributed by atoms with Gasteiger partial charge >= 0.3 is 0 Å². The van der Waals surface area contributed by atoms with Crippen LogP contribution in [0.4, 0.5) is 5.69 Å². The fourth-order valence-corrected chi connectivity index (χ4v) is 5.85. The fourth-order valence-electron chi connectivity index (χ4n) is 4.79. The lowest BCUT2D eigenvalue weighted by molar-refractivity contribution is -0.138. The predicted octanol–water partition coefficient (Wildman–Crippen LogP) is 3.17. The average Bonchev–Trinajstić information content (AvgIpc) is 2.97. The van der Waals surface area contributed by atoms with Crippen molar-refractivity contribution < 1.29 is 9.59 Å². The molecule has 29 heavy (non-hydrogen) atoms. The van der Waals surface area contributed by atoms with E-state index >= 15 is 0 Å². The molecule has 0 N–H and O–H groups in total. The van der Waals surface area contributed by atoms with E-state index in [0.29, 0.717) is 13.0 Å². The third-order valence-corrected chi connectivity index (χ3v) is 7.66. The topological polar surface area (TPSA) is 43.9 Å². The van der Waals surface area contributed by atoms with Crippen molar-refractivity contribution >= 4 is 29.3 Å². The van der Waals surface area contributed by atoms with E-state index in [1.807, 2.05) is 43.0 Å². The van der Waals surface area contributed by atoms with E-state index in [9.17, 15) is 9.59 Å². The number of carbonyl (C=O) groups is 2. The third kappa shape index (κ3) is 4.97. The molecule has 1 aromatic carbocycles. The first-order valence-electron chi connectivity index (χ1n) is 11.1. The average molecular weight is 416 g/mol. The third-order valence-electron chi connectivity index (χ3n) is 6.46. The van der Waals surface area contributed by atoms with Crippen molar-refractivity contribution in [1.29, 1.82) is 0 Å². The van der Waals surface area contributed by atoms with Gasteiger partial charge in [0.25, 0.3) is 0 Å². The summed E-state index contributed by atoms with van der Waals surface area (Å²) < 4.78 is 0. The number of benzene rings is 1. The van der Waals surface area contributed by atoms with Crippen molar-refractivity contribution in [3.63, 3.8) is 0 Å². The van der Waals surface area contributed by atoms with Gasteiger partial charge < -0.3 is 14.7 Å². The molecule has 3 aliphatic rings. The molecule has 3 heterocycles. The van der Waals surface area contributed by atoms with Crippen molar-refractivity contribution in [2.24, 2.45) is 5.92 Å². The molecule has 2 amide bonds. The highest BCUT2D eigenvalue weighted by atomic mass is 32.2. The van der Waals surface area contributed by atoms with Gasteiger partial charge in [0.2, 0.25) is 11.8 Å². The van der Waals surface area contributed by atoms with E-state index in [1.54, 1.807) is 4.90 Å². The van der Waals surface area contributed by atoms with Gasteiger partial charge in [0.1, 0.15) is 0 Å². The van der Waals surface area contributed by atoms with E-state index < -0.39 is 0 Å². The second kappa shape index (κ2) is 9.52. The highest BCUT2D eigenvalue weighted by Gasteiger charge is 2.39. The molecule has 3 saturated heterocycles. The van der Waals surface area contributed by atoms with Crippen LogP contribution < -0.4 is 4.90 Å². The zero-order valence-electron chi connectivity index (χ0n) is 17.5. The second-order valence-electron chi connectivity index (χ2n) is 8.72. The maximum Gasteiger partial charge on any atom is 0.228 e. The second-order valence-corrected chi connectivity index (χ2v) is 9.87. The van der Waals surface area contributed by atoms with Crippen LogP contribution in [0.1, 0.15) is 37.7 Å². The Kier molecular flexibility index (Phi) is 6.81. The minimum absolute atomic E-state index is 0.0731. The number of rotatable bonds is 4. The lowest BCUT2D eigenvalue weighted by atomic mass is 10.0. The Bertz CT molecular complexity index is 717. The summed E-state index contributed by atoms with van der Waals surface area (Å²) in [5.74, 6) is 2.20. The zero-order chi connectivity index (χ0) is 20.2. The summed E-state index contributed by atoms with van der Waals surface area (Å²) in [5, 5.41) is 0. The smallest absolute Gasteiger partial charge is 0.228 e. The Morgan fingerprint density at radius 2 is 1.83 bits per heavy atom. The van der Waals surface area contributed by atoms with E-state index in [4.69, 9.17) is 0 Å². The Hall–Kier alpha value is -1.53. The molecule has 4 rings (SSSR count). The number of aryl methyl sites for hydroxylation is 1. The van der Waals surface area contributed by atoms with Crippen LogP contribution in [0.5, 0.6) is 0 Å². The van der Waals surface area contributed by atoms with Crippen LogP contribution in [0.25, 0.3) is 0 Å². The minimum Gasteiger partial charge on any atom is -0.337 e. The molecule has 0 aromatic heterocycles. The van der Waals surface area contributed by atoms with Crippen LogP contribution in [-0.4, -0.2) is 71.9 Å². The van der Waals surface area contributed by atoms with Gasteiger partial charge in [-0.1, -0.05) is 24.1 Å². The maximum atomic E-state index is 13.5. The van der Waals surface area contributed by atoms with Crippen molar-refractivity contribution in [2.75, 3.05) is 49.1 Å². The number of amides is 2. The summed E-state index contributed by atoms with van der Waals surface area (Å²) in [6.45, 7) is 6.70. The normalized spacial score (nSPS) is 26.6. The molecule has 5 nitrogen and oxygen atoms in total. The fraction of sp³-hybridized carbons (Fsp3) is 0.652. The van der Waals surface area contributed by atoms with Gasteiger partial charge in [0.15, 0.2) is 0 Å². The van der Waals surface area contributed by atoms with Gasteiger partial charge in [0, 0.05) is 37.5 Å². The SMILES string of the molecule is Cc1ccc(N2CC(C(=O)N3CCCSCC3CN3CCCCC3)CC2=O)cc1. The molecule has 3 aliphatic heterocycles. The molecule has 2 unspecified atom stereocenters. The summed E-state index contributed by atoms with van der Waals surface area (Å²) >= 11 is 1.98. The molecule has 6 heteroatoms. The Labute approximate surface area is 178 Å². The number of thioether (sulfide) groups is 1. The highest BCUT2D eigenvalue weighted by Crippen LogP contribution is 2.29. The Morgan fingerprint density at radius 1 is 1.07 bits per heavy atom. The van der Waals surface area contributed by atoms with Crippen LogP contribution in [0.3, 0.4) is 0 Å². The van der Waals surface area contributed by atoms with Gasteiger partial charge in [-0.3, -0.25) is 9.59 Å². The van der Waals surface area contributed by atoms with Gasteiger partial charge in [-0.25, -0.2) is 0 Å². The number of piperidine rings is 1. The van der Waals surface area contributed by atoms with Crippen molar-refractivity contribution in [3.8, 4) is 0 Å². The van der Waals surface area contributed by atoms with Gasteiger partial charge in [-0.05, 0) is 57.2 Å². The summed E-state index contributed by atoms with van der Waals surface area (Å²) in [6.07, 6.45) is 5.27. The largest absolute Gasteiger partial charge is 0.337 e. The quantitative estimate of drug-likeness (QED) is 0.758. The molecule has 0 saturated carbocycles. The first-order valence-corrected chi connectivity index (χ1v) is 12.2. The molecular weight excluding hydrogens is 382 g/mol. The van der Waals surface area contributed by atoms with Crippen molar-refractivity contribution in [1.82, 2.24) is 9.80 Å². The van der Waals surface area contributed by atoms with Crippen LogP contribution in [0.15, 0.2) is 24.3 Å². The first kappa shape index (κ1) is 20.7. The molecule has 0 radical (unpaired) electrons. The molecule has 158 valence electrons. The van der Waals surface area contributed by atoms with Crippen LogP contribution in [0, 0.1) is 12.8 Å². The van der Waals surface area contributed by atoms with Crippen molar-refractivity contribution in [3.05, 3.63) is 29.8 Å².